The highest BCUT2D eigenvalue weighted by molar-refractivity contribution is 7.89. The van der Waals surface area contributed by atoms with Crippen molar-refractivity contribution in [2.45, 2.75) is 22.6 Å². The van der Waals surface area contributed by atoms with E-state index in [1.807, 2.05) is 0 Å². The van der Waals surface area contributed by atoms with Gasteiger partial charge < -0.3 is 5.32 Å². The Morgan fingerprint density at radius 1 is 1.04 bits per heavy atom. The molecule has 1 aliphatic heterocycles. The topological polar surface area (TPSA) is 104 Å². The van der Waals surface area contributed by atoms with E-state index in [1.54, 1.807) is 5.38 Å². The molecule has 2 heterocycles. The lowest BCUT2D eigenvalue weighted by molar-refractivity contribution is 0.102. The van der Waals surface area contributed by atoms with Crippen molar-refractivity contribution < 1.29 is 21.6 Å². The van der Waals surface area contributed by atoms with E-state index < -0.39 is 26.0 Å². The van der Waals surface area contributed by atoms with E-state index >= 15 is 0 Å². The number of benzene rings is 1. The molecule has 1 saturated heterocycles. The molecule has 1 aromatic heterocycles. The van der Waals surface area contributed by atoms with E-state index in [0.29, 0.717) is 18.8 Å². The number of anilines is 1. The van der Waals surface area contributed by atoms with E-state index in [1.165, 1.54) is 48.7 Å². The molecule has 1 fully saturated rings. The van der Waals surface area contributed by atoms with Crippen LogP contribution in [0.15, 0.2) is 45.5 Å². The van der Waals surface area contributed by atoms with Crippen LogP contribution in [0.25, 0.3) is 0 Å². The van der Waals surface area contributed by atoms with Gasteiger partial charge in [-0.05, 0) is 48.6 Å². The highest BCUT2D eigenvalue weighted by Gasteiger charge is 2.31. The van der Waals surface area contributed by atoms with Gasteiger partial charge in [0, 0.05) is 32.9 Å². The van der Waals surface area contributed by atoms with Gasteiger partial charge in [0.1, 0.15) is 9.77 Å². The third kappa shape index (κ3) is 3.98. The van der Waals surface area contributed by atoms with Crippen LogP contribution in [0.3, 0.4) is 0 Å². The Balaban J connectivity index is 1.81. The monoisotopic (exact) mass is 443 g/mol. The van der Waals surface area contributed by atoms with Crippen LogP contribution in [0, 0.1) is 0 Å². The van der Waals surface area contributed by atoms with Gasteiger partial charge in [0.05, 0.1) is 4.90 Å². The van der Waals surface area contributed by atoms with Crippen LogP contribution in [-0.4, -0.2) is 58.5 Å². The summed E-state index contributed by atoms with van der Waals surface area (Å²) in [6.07, 6.45) is 1.63. The highest BCUT2D eigenvalue weighted by atomic mass is 32.2. The van der Waals surface area contributed by atoms with Crippen LogP contribution >= 0.6 is 11.3 Å². The lowest BCUT2D eigenvalue weighted by Crippen LogP contribution is -2.29. The standard InChI is InChI=1S/C17H21N3O5S3/c1-19(2)27(22,23)14-7-5-13(6-8-14)18-17(21)16-15(9-12-26-16)28(24,25)20-10-3-4-11-20/h5-9,12H,3-4,10-11H2,1-2H3,(H,18,21). The Hall–Kier alpha value is -1.79. The highest BCUT2D eigenvalue weighted by Crippen LogP contribution is 2.28. The van der Waals surface area contributed by atoms with Crippen LogP contribution < -0.4 is 5.32 Å². The van der Waals surface area contributed by atoms with Crippen molar-refractivity contribution >= 4 is 43.0 Å². The fourth-order valence-electron chi connectivity index (χ4n) is 2.84. The largest absolute Gasteiger partial charge is 0.321 e. The summed E-state index contributed by atoms with van der Waals surface area (Å²) in [6, 6.07) is 7.16. The zero-order valence-electron chi connectivity index (χ0n) is 15.5. The van der Waals surface area contributed by atoms with Crippen molar-refractivity contribution in [3.8, 4) is 0 Å². The van der Waals surface area contributed by atoms with E-state index in [0.717, 1.165) is 28.5 Å². The summed E-state index contributed by atoms with van der Waals surface area (Å²) in [7, 11) is -4.39. The normalized spacial score (nSPS) is 15.8. The second-order valence-corrected chi connectivity index (χ2v) is 11.5. The number of sulfonamides is 2. The molecule has 0 bridgehead atoms. The van der Waals surface area contributed by atoms with Crippen molar-refractivity contribution in [1.82, 2.24) is 8.61 Å². The second-order valence-electron chi connectivity index (χ2n) is 6.49. The Kier molecular flexibility index (Phi) is 5.92. The third-order valence-corrected chi connectivity index (χ3v) is 9.22. The van der Waals surface area contributed by atoms with Gasteiger partial charge in [-0.1, -0.05) is 0 Å². The van der Waals surface area contributed by atoms with Crippen molar-refractivity contribution in [1.29, 1.82) is 0 Å². The van der Waals surface area contributed by atoms with E-state index in [2.05, 4.69) is 5.32 Å². The van der Waals surface area contributed by atoms with Gasteiger partial charge in [-0.25, -0.2) is 21.1 Å². The lowest BCUT2D eigenvalue weighted by atomic mass is 10.3. The summed E-state index contributed by atoms with van der Waals surface area (Å²) in [5.41, 5.74) is 0.376. The first-order valence-corrected chi connectivity index (χ1v) is 12.3. The number of thiophene rings is 1. The molecule has 3 rings (SSSR count). The molecule has 2 aromatic rings. The predicted molar refractivity (Wildman–Crippen MR) is 108 cm³/mol. The molecule has 1 amide bonds. The number of hydrogen-bond acceptors (Lipinski definition) is 6. The summed E-state index contributed by atoms with van der Waals surface area (Å²) in [6.45, 7) is 0.919. The average molecular weight is 444 g/mol. The molecular formula is C17H21N3O5S3. The predicted octanol–water partition coefficient (Wildman–Crippen LogP) is 2.04. The van der Waals surface area contributed by atoms with Crippen LogP contribution in [-0.2, 0) is 20.0 Å². The number of rotatable bonds is 6. The molecule has 11 heteroatoms. The zero-order chi connectivity index (χ0) is 20.5. The zero-order valence-corrected chi connectivity index (χ0v) is 17.9. The lowest BCUT2D eigenvalue weighted by Gasteiger charge is -2.15. The Morgan fingerprint density at radius 2 is 1.64 bits per heavy atom. The van der Waals surface area contributed by atoms with Crippen molar-refractivity contribution in [3.05, 3.63) is 40.6 Å². The fourth-order valence-corrected chi connectivity index (χ4v) is 6.56. The molecule has 1 aliphatic rings. The van der Waals surface area contributed by atoms with Crippen molar-refractivity contribution in [2.24, 2.45) is 0 Å². The van der Waals surface area contributed by atoms with Crippen LogP contribution in [0.4, 0.5) is 5.69 Å². The van der Waals surface area contributed by atoms with Gasteiger partial charge in [-0.15, -0.1) is 11.3 Å². The van der Waals surface area contributed by atoms with Gasteiger partial charge in [0.15, 0.2) is 0 Å². The molecule has 152 valence electrons. The van der Waals surface area contributed by atoms with Crippen LogP contribution in [0.5, 0.6) is 0 Å². The summed E-state index contributed by atoms with van der Waals surface area (Å²) >= 11 is 1.05. The summed E-state index contributed by atoms with van der Waals surface area (Å²) in [4.78, 5) is 12.9. The molecule has 1 N–H and O–H groups in total. The Labute approximate surface area is 168 Å². The smallest absolute Gasteiger partial charge is 0.267 e. The van der Waals surface area contributed by atoms with Gasteiger partial charge in [-0.3, -0.25) is 4.79 Å². The van der Waals surface area contributed by atoms with E-state index in [4.69, 9.17) is 0 Å². The first kappa shape index (κ1) is 20.9. The Bertz CT molecular complexity index is 1070. The molecule has 28 heavy (non-hydrogen) atoms. The summed E-state index contributed by atoms with van der Waals surface area (Å²) < 4.78 is 52.2. The van der Waals surface area contributed by atoms with E-state index in [9.17, 15) is 21.6 Å². The minimum Gasteiger partial charge on any atom is -0.321 e. The average Bonchev–Trinajstić information content (AvgIpc) is 3.34. The van der Waals surface area contributed by atoms with Gasteiger partial charge >= 0.3 is 0 Å². The molecule has 0 saturated carbocycles. The van der Waals surface area contributed by atoms with E-state index in [-0.39, 0.29) is 14.7 Å². The summed E-state index contributed by atoms with van der Waals surface area (Å²) in [5, 5.41) is 4.21. The third-order valence-electron chi connectivity index (χ3n) is 4.41. The molecule has 0 spiro atoms. The molecule has 1 aromatic carbocycles. The number of carbonyl (C=O) groups excluding carboxylic acids is 1. The maximum absolute atomic E-state index is 12.8. The molecule has 0 unspecified atom stereocenters. The van der Waals surface area contributed by atoms with Crippen LogP contribution in [0.2, 0.25) is 0 Å². The molecule has 0 radical (unpaired) electrons. The molecule has 8 nitrogen and oxygen atoms in total. The number of hydrogen-bond donors (Lipinski definition) is 1. The minimum atomic E-state index is -3.70. The Morgan fingerprint density at radius 3 is 2.21 bits per heavy atom. The number of nitrogens with zero attached hydrogens (tertiary/aromatic N) is 2. The van der Waals surface area contributed by atoms with Crippen molar-refractivity contribution in [2.75, 3.05) is 32.5 Å². The number of nitrogens with one attached hydrogen (secondary N) is 1. The maximum atomic E-state index is 12.8. The van der Waals surface area contributed by atoms with Crippen molar-refractivity contribution in [3.63, 3.8) is 0 Å². The van der Waals surface area contributed by atoms with Gasteiger partial charge in [0.2, 0.25) is 20.0 Å². The number of carbonyl (C=O) groups is 1. The minimum absolute atomic E-state index is 0.00343. The number of amides is 1. The first-order chi connectivity index (χ1) is 13.1. The fraction of sp³-hybridized carbons (Fsp3) is 0.353. The first-order valence-electron chi connectivity index (χ1n) is 8.55. The quantitative estimate of drug-likeness (QED) is 0.736. The second kappa shape index (κ2) is 7.91. The van der Waals surface area contributed by atoms with Gasteiger partial charge in [-0.2, -0.15) is 4.31 Å². The van der Waals surface area contributed by atoms with Gasteiger partial charge in [0.25, 0.3) is 5.91 Å². The molecular weight excluding hydrogens is 422 g/mol. The molecule has 0 aliphatic carbocycles. The molecule has 0 atom stereocenters. The SMILES string of the molecule is CN(C)S(=O)(=O)c1ccc(NC(=O)c2sccc2S(=O)(=O)N2CCCC2)cc1. The summed E-state index contributed by atoms with van der Waals surface area (Å²) in [5.74, 6) is -0.545. The maximum Gasteiger partial charge on any atom is 0.267 e. The van der Waals surface area contributed by atoms with Crippen LogP contribution in [0.1, 0.15) is 22.5 Å².